The third-order valence-corrected chi connectivity index (χ3v) is 4.52. The van der Waals surface area contributed by atoms with E-state index in [9.17, 15) is 9.59 Å². The van der Waals surface area contributed by atoms with Crippen molar-refractivity contribution in [2.24, 2.45) is 5.92 Å². The lowest BCUT2D eigenvalue weighted by Gasteiger charge is -2.22. The van der Waals surface area contributed by atoms with Gasteiger partial charge in [-0.15, -0.1) is 0 Å². The van der Waals surface area contributed by atoms with Crippen molar-refractivity contribution >= 4 is 12.0 Å². The number of carbonyl (C=O) groups excluding carboxylic acids is 1. The van der Waals surface area contributed by atoms with Crippen molar-refractivity contribution in [3.8, 4) is 17.2 Å². The molecular weight excluding hydrogens is 340 g/mol. The van der Waals surface area contributed by atoms with Gasteiger partial charge in [0.05, 0.1) is 27.2 Å². The number of hydrogen-bond donors (Lipinski definition) is 2. The molecule has 1 fully saturated rings. The van der Waals surface area contributed by atoms with Crippen molar-refractivity contribution in [2.45, 2.75) is 25.8 Å². The van der Waals surface area contributed by atoms with Crippen LogP contribution in [0.4, 0.5) is 4.79 Å². The van der Waals surface area contributed by atoms with Gasteiger partial charge in [0.15, 0.2) is 0 Å². The third kappa shape index (κ3) is 4.50. The highest BCUT2D eigenvalue weighted by atomic mass is 16.5. The van der Waals surface area contributed by atoms with Gasteiger partial charge in [0.1, 0.15) is 17.2 Å². The van der Waals surface area contributed by atoms with Crippen LogP contribution in [-0.2, 0) is 11.2 Å². The van der Waals surface area contributed by atoms with Gasteiger partial charge in [-0.3, -0.25) is 4.79 Å². The zero-order chi connectivity index (χ0) is 19.3. The summed E-state index contributed by atoms with van der Waals surface area (Å²) in [6.07, 6.45) is 0.982. The van der Waals surface area contributed by atoms with E-state index < -0.39 is 11.9 Å². The quantitative estimate of drug-likeness (QED) is 0.763. The van der Waals surface area contributed by atoms with Crippen molar-refractivity contribution in [3.63, 3.8) is 0 Å². The number of benzene rings is 1. The fraction of sp³-hybridized carbons (Fsp3) is 0.556. The second-order valence-corrected chi connectivity index (χ2v) is 6.33. The number of amides is 2. The van der Waals surface area contributed by atoms with Gasteiger partial charge in [-0.1, -0.05) is 0 Å². The molecule has 8 heteroatoms. The molecule has 8 nitrogen and oxygen atoms in total. The van der Waals surface area contributed by atoms with E-state index in [2.05, 4.69) is 5.32 Å². The van der Waals surface area contributed by atoms with Crippen molar-refractivity contribution < 1.29 is 28.9 Å². The van der Waals surface area contributed by atoms with E-state index >= 15 is 0 Å². The Bertz CT molecular complexity index is 638. The predicted molar refractivity (Wildman–Crippen MR) is 95.1 cm³/mol. The largest absolute Gasteiger partial charge is 0.496 e. The number of carboxylic acid groups (broad SMARTS) is 1. The summed E-state index contributed by atoms with van der Waals surface area (Å²) < 4.78 is 16.1. The van der Waals surface area contributed by atoms with Crippen molar-refractivity contribution in [3.05, 3.63) is 17.7 Å². The summed E-state index contributed by atoms with van der Waals surface area (Å²) >= 11 is 0. The number of rotatable bonds is 7. The molecule has 144 valence electrons. The molecule has 0 saturated carbocycles. The summed E-state index contributed by atoms with van der Waals surface area (Å²) in [6.45, 7) is 2.57. The Hall–Kier alpha value is -2.64. The molecule has 2 atom stereocenters. The minimum Gasteiger partial charge on any atom is -0.496 e. The summed E-state index contributed by atoms with van der Waals surface area (Å²) in [5.74, 6) is 0.513. The fourth-order valence-corrected chi connectivity index (χ4v) is 3.08. The number of ether oxygens (including phenoxy) is 3. The summed E-state index contributed by atoms with van der Waals surface area (Å²) in [6, 6.07) is 3.09. The number of nitrogens with one attached hydrogen (secondary N) is 1. The van der Waals surface area contributed by atoms with Crippen LogP contribution >= 0.6 is 0 Å². The molecule has 26 heavy (non-hydrogen) atoms. The smallest absolute Gasteiger partial charge is 0.317 e. The van der Waals surface area contributed by atoms with Gasteiger partial charge in [-0.25, -0.2) is 4.79 Å². The van der Waals surface area contributed by atoms with Crippen LogP contribution in [0, 0.1) is 5.92 Å². The Morgan fingerprint density at radius 3 is 2.31 bits per heavy atom. The van der Waals surface area contributed by atoms with Crippen molar-refractivity contribution in [1.29, 1.82) is 0 Å². The Morgan fingerprint density at radius 1 is 1.23 bits per heavy atom. The third-order valence-electron chi connectivity index (χ3n) is 4.52. The first kappa shape index (κ1) is 19.7. The van der Waals surface area contributed by atoms with E-state index in [0.29, 0.717) is 36.6 Å². The SMILES string of the molecule is COc1cc(OC)c(CC(C)NC(=O)N2CCC(C(=O)O)C2)c(OC)c1. The number of methoxy groups -OCH3 is 3. The lowest BCUT2D eigenvalue weighted by atomic mass is 10.0. The monoisotopic (exact) mass is 366 g/mol. The molecule has 0 spiro atoms. The Labute approximate surface area is 153 Å². The van der Waals surface area contributed by atoms with Crippen molar-refractivity contribution in [2.75, 3.05) is 34.4 Å². The maximum absolute atomic E-state index is 12.4. The van der Waals surface area contributed by atoms with Gasteiger partial charge in [-0.2, -0.15) is 0 Å². The number of carbonyl (C=O) groups is 2. The molecule has 2 unspecified atom stereocenters. The first-order valence-corrected chi connectivity index (χ1v) is 8.46. The van der Waals surface area contributed by atoms with Crippen LogP contribution in [0.15, 0.2) is 12.1 Å². The highest BCUT2D eigenvalue weighted by Gasteiger charge is 2.31. The second-order valence-electron chi connectivity index (χ2n) is 6.33. The van der Waals surface area contributed by atoms with Gasteiger partial charge < -0.3 is 29.5 Å². The standard InChI is InChI=1S/C18H26N2O6/c1-11(19-18(23)20-6-5-12(10-20)17(21)22)7-14-15(25-3)8-13(24-2)9-16(14)26-4/h8-9,11-12H,5-7,10H2,1-4H3,(H,19,23)(H,21,22). The van der Waals surface area contributed by atoms with E-state index in [1.165, 1.54) is 4.90 Å². The molecule has 2 rings (SSSR count). The van der Waals surface area contributed by atoms with E-state index in [-0.39, 0.29) is 18.6 Å². The van der Waals surface area contributed by atoms with Gasteiger partial charge >= 0.3 is 12.0 Å². The van der Waals surface area contributed by atoms with Crippen molar-refractivity contribution in [1.82, 2.24) is 10.2 Å². The van der Waals surface area contributed by atoms with Crippen LogP contribution in [0.2, 0.25) is 0 Å². The van der Waals surface area contributed by atoms with Crippen LogP contribution in [0.25, 0.3) is 0 Å². The first-order valence-electron chi connectivity index (χ1n) is 8.46. The number of carboxylic acids is 1. The second kappa shape index (κ2) is 8.64. The molecular formula is C18H26N2O6. The maximum Gasteiger partial charge on any atom is 0.317 e. The molecule has 1 aliphatic rings. The number of likely N-dealkylation sites (tertiary alicyclic amines) is 1. The molecule has 0 aromatic heterocycles. The Balaban J connectivity index is 2.04. The summed E-state index contributed by atoms with van der Waals surface area (Å²) in [7, 11) is 4.70. The van der Waals surface area contributed by atoms with E-state index in [0.717, 1.165) is 5.56 Å². The normalized spacial score (nSPS) is 17.5. The molecule has 0 bridgehead atoms. The van der Waals surface area contributed by atoms with E-state index in [1.54, 1.807) is 33.5 Å². The number of urea groups is 1. The molecule has 0 aliphatic carbocycles. The molecule has 1 saturated heterocycles. The molecule has 2 amide bonds. The van der Waals surface area contributed by atoms with Crippen LogP contribution in [0.1, 0.15) is 18.9 Å². The average molecular weight is 366 g/mol. The summed E-state index contributed by atoms with van der Waals surface area (Å²) in [5, 5.41) is 12.0. The molecule has 0 radical (unpaired) electrons. The average Bonchev–Trinajstić information content (AvgIpc) is 3.12. The molecule has 1 aromatic carbocycles. The summed E-state index contributed by atoms with van der Waals surface area (Å²) in [5.41, 5.74) is 0.827. The summed E-state index contributed by atoms with van der Waals surface area (Å²) in [4.78, 5) is 24.9. The first-order chi connectivity index (χ1) is 12.4. The maximum atomic E-state index is 12.4. The molecule has 1 aromatic rings. The zero-order valence-corrected chi connectivity index (χ0v) is 15.6. The predicted octanol–water partition coefficient (Wildman–Crippen LogP) is 1.76. The van der Waals surface area contributed by atoms with Gasteiger partial charge in [0.25, 0.3) is 0 Å². The Kier molecular flexibility index (Phi) is 6.54. The van der Waals surface area contributed by atoms with Gasteiger partial charge in [0.2, 0.25) is 0 Å². The van der Waals surface area contributed by atoms with E-state index in [4.69, 9.17) is 19.3 Å². The van der Waals surface area contributed by atoms with Crippen LogP contribution in [-0.4, -0.2) is 62.5 Å². The minimum atomic E-state index is -0.860. The minimum absolute atomic E-state index is 0.192. The zero-order valence-electron chi connectivity index (χ0n) is 15.6. The lowest BCUT2D eigenvalue weighted by molar-refractivity contribution is -0.141. The molecule has 1 aliphatic heterocycles. The fourth-order valence-electron chi connectivity index (χ4n) is 3.08. The van der Waals surface area contributed by atoms with Crippen LogP contribution < -0.4 is 19.5 Å². The Morgan fingerprint density at radius 2 is 1.85 bits per heavy atom. The van der Waals surface area contributed by atoms with E-state index in [1.807, 2.05) is 6.92 Å². The highest BCUT2D eigenvalue weighted by Crippen LogP contribution is 2.34. The number of nitrogens with zero attached hydrogens (tertiary/aromatic N) is 1. The van der Waals surface area contributed by atoms with Gasteiger partial charge in [-0.05, 0) is 19.8 Å². The number of aliphatic carboxylic acids is 1. The van der Waals surface area contributed by atoms with Gasteiger partial charge in [0, 0.05) is 36.8 Å². The number of hydrogen-bond acceptors (Lipinski definition) is 5. The lowest BCUT2D eigenvalue weighted by Crippen LogP contribution is -2.43. The molecule has 2 N–H and O–H groups in total. The molecule has 1 heterocycles. The highest BCUT2D eigenvalue weighted by molar-refractivity contribution is 5.77. The van der Waals surface area contributed by atoms with Crippen LogP contribution in [0.5, 0.6) is 17.2 Å². The topological polar surface area (TPSA) is 97.3 Å². The van der Waals surface area contributed by atoms with Crippen LogP contribution in [0.3, 0.4) is 0 Å².